The van der Waals surface area contributed by atoms with Gasteiger partial charge < -0.3 is 13.9 Å². The molecule has 7 nitrogen and oxygen atoms in total. The molecule has 2 aliphatic carbocycles. The molecule has 1 aromatic carbocycles. The standard InChI is InChI=1S/C21H24N2O5/c1-12(19-22-23-20(28-19)13-6-8-17(26-2)9-7-13)27-21(25)16-10-14-4-3-5-15(11-16)18(14)24/h6-9,12,14-16H,3-5,10-11H2,1-2H3. The number of fused-ring (bicyclic) bond motifs is 2. The van der Waals surface area contributed by atoms with E-state index in [0.717, 1.165) is 30.6 Å². The maximum Gasteiger partial charge on any atom is 0.309 e. The van der Waals surface area contributed by atoms with Crippen LogP contribution in [0.3, 0.4) is 0 Å². The summed E-state index contributed by atoms with van der Waals surface area (Å²) in [7, 11) is 1.60. The van der Waals surface area contributed by atoms with Crippen molar-refractivity contribution < 1.29 is 23.5 Å². The summed E-state index contributed by atoms with van der Waals surface area (Å²) in [6.45, 7) is 1.72. The minimum Gasteiger partial charge on any atom is -0.497 e. The fourth-order valence-corrected chi connectivity index (χ4v) is 4.24. The van der Waals surface area contributed by atoms with Gasteiger partial charge in [0.25, 0.3) is 5.89 Å². The molecule has 0 saturated heterocycles. The second-order valence-corrected chi connectivity index (χ2v) is 7.65. The summed E-state index contributed by atoms with van der Waals surface area (Å²) in [6, 6.07) is 7.27. The highest BCUT2D eigenvalue weighted by atomic mass is 16.6. The fraction of sp³-hybridized carbons (Fsp3) is 0.524. The molecule has 28 heavy (non-hydrogen) atoms. The minimum absolute atomic E-state index is 0.0189. The van der Waals surface area contributed by atoms with Crippen molar-refractivity contribution in [2.45, 2.75) is 45.1 Å². The van der Waals surface area contributed by atoms with E-state index in [1.807, 2.05) is 24.3 Å². The van der Waals surface area contributed by atoms with Crippen molar-refractivity contribution in [2.24, 2.45) is 17.8 Å². The molecule has 4 rings (SSSR count). The number of benzene rings is 1. The van der Waals surface area contributed by atoms with E-state index in [9.17, 15) is 9.59 Å². The average Bonchev–Trinajstić information content (AvgIpc) is 3.18. The van der Waals surface area contributed by atoms with E-state index >= 15 is 0 Å². The Morgan fingerprint density at radius 1 is 1.14 bits per heavy atom. The molecular formula is C21H24N2O5. The first-order chi connectivity index (χ1) is 13.5. The molecule has 2 fully saturated rings. The van der Waals surface area contributed by atoms with Crippen LogP contribution >= 0.6 is 0 Å². The molecule has 3 atom stereocenters. The lowest BCUT2D eigenvalue weighted by molar-refractivity contribution is -0.159. The van der Waals surface area contributed by atoms with E-state index in [1.54, 1.807) is 14.0 Å². The summed E-state index contributed by atoms with van der Waals surface area (Å²) in [5.41, 5.74) is 0.761. The van der Waals surface area contributed by atoms with Crippen molar-refractivity contribution in [3.8, 4) is 17.2 Å². The molecule has 7 heteroatoms. The number of aromatic nitrogens is 2. The summed E-state index contributed by atoms with van der Waals surface area (Å²) in [4.78, 5) is 24.8. The number of carbonyl (C=O) groups excluding carboxylic acids is 2. The van der Waals surface area contributed by atoms with Crippen molar-refractivity contribution in [1.29, 1.82) is 0 Å². The van der Waals surface area contributed by atoms with Gasteiger partial charge in [-0.05, 0) is 56.9 Å². The van der Waals surface area contributed by atoms with Crippen LogP contribution in [0.1, 0.15) is 51.0 Å². The first kappa shape index (κ1) is 18.7. The van der Waals surface area contributed by atoms with Crippen molar-refractivity contribution in [1.82, 2.24) is 10.2 Å². The van der Waals surface area contributed by atoms with E-state index in [4.69, 9.17) is 13.9 Å². The molecule has 1 heterocycles. The largest absolute Gasteiger partial charge is 0.497 e. The summed E-state index contributed by atoms with van der Waals surface area (Å²) >= 11 is 0. The van der Waals surface area contributed by atoms with Gasteiger partial charge in [-0.1, -0.05) is 6.42 Å². The van der Waals surface area contributed by atoms with Crippen LogP contribution in [0.4, 0.5) is 0 Å². The third-order valence-corrected chi connectivity index (χ3v) is 5.80. The van der Waals surface area contributed by atoms with Crippen LogP contribution in [-0.2, 0) is 14.3 Å². The van der Waals surface area contributed by atoms with Crippen LogP contribution in [0.15, 0.2) is 28.7 Å². The summed E-state index contributed by atoms with van der Waals surface area (Å²) in [5, 5.41) is 8.07. The molecule has 2 aromatic rings. The highest BCUT2D eigenvalue weighted by Crippen LogP contribution is 2.41. The SMILES string of the molecule is COc1ccc(-c2nnc(C(C)OC(=O)C3CC4CCCC(C3)C4=O)o2)cc1. The van der Waals surface area contributed by atoms with Gasteiger partial charge in [0, 0.05) is 17.4 Å². The number of rotatable bonds is 5. The Morgan fingerprint density at radius 3 is 2.46 bits per heavy atom. The smallest absolute Gasteiger partial charge is 0.309 e. The van der Waals surface area contributed by atoms with Crippen LogP contribution in [0.25, 0.3) is 11.5 Å². The van der Waals surface area contributed by atoms with Crippen molar-refractivity contribution in [2.75, 3.05) is 7.11 Å². The van der Waals surface area contributed by atoms with Gasteiger partial charge in [0.1, 0.15) is 11.5 Å². The Balaban J connectivity index is 1.39. The Kier molecular flexibility index (Phi) is 5.15. The Bertz CT molecular complexity index is 844. The lowest BCUT2D eigenvalue weighted by Crippen LogP contribution is -2.39. The first-order valence-electron chi connectivity index (χ1n) is 9.77. The molecule has 2 aliphatic rings. The summed E-state index contributed by atoms with van der Waals surface area (Å²) in [5.74, 6) is 1.23. The summed E-state index contributed by atoms with van der Waals surface area (Å²) in [6.07, 6.45) is 3.43. The predicted molar refractivity (Wildman–Crippen MR) is 99.4 cm³/mol. The Morgan fingerprint density at radius 2 is 1.82 bits per heavy atom. The van der Waals surface area contributed by atoms with Gasteiger partial charge >= 0.3 is 5.97 Å². The predicted octanol–water partition coefficient (Wildman–Crippen LogP) is 3.74. The van der Waals surface area contributed by atoms with E-state index < -0.39 is 6.10 Å². The molecule has 2 saturated carbocycles. The van der Waals surface area contributed by atoms with Crippen LogP contribution < -0.4 is 4.74 Å². The van der Waals surface area contributed by atoms with Crippen LogP contribution in [-0.4, -0.2) is 29.1 Å². The van der Waals surface area contributed by atoms with Crippen molar-refractivity contribution in [3.63, 3.8) is 0 Å². The molecular weight excluding hydrogens is 360 g/mol. The monoisotopic (exact) mass is 384 g/mol. The number of esters is 1. The third-order valence-electron chi connectivity index (χ3n) is 5.80. The number of nitrogens with zero attached hydrogens (tertiary/aromatic N) is 2. The molecule has 0 aliphatic heterocycles. The van der Waals surface area contributed by atoms with Crippen LogP contribution in [0, 0.1) is 17.8 Å². The molecule has 0 amide bonds. The van der Waals surface area contributed by atoms with Gasteiger partial charge in [-0.3, -0.25) is 9.59 Å². The normalized spacial score (nSPS) is 25.2. The maximum absolute atomic E-state index is 12.6. The zero-order chi connectivity index (χ0) is 19.7. The van der Waals surface area contributed by atoms with E-state index in [2.05, 4.69) is 10.2 Å². The molecule has 0 spiro atoms. The molecule has 3 unspecified atom stereocenters. The minimum atomic E-state index is -0.635. The second kappa shape index (κ2) is 7.73. The zero-order valence-electron chi connectivity index (χ0n) is 16.1. The van der Waals surface area contributed by atoms with Crippen molar-refractivity contribution in [3.05, 3.63) is 30.2 Å². The van der Waals surface area contributed by atoms with Gasteiger partial charge in [0.2, 0.25) is 5.89 Å². The number of carbonyl (C=O) groups is 2. The first-order valence-corrected chi connectivity index (χ1v) is 9.77. The molecule has 0 radical (unpaired) electrons. The van der Waals surface area contributed by atoms with Crippen molar-refractivity contribution >= 4 is 11.8 Å². The number of ketones is 1. The highest BCUT2D eigenvalue weighted by molar-refractivity contribution is 5.87. The van der Waals surface area contributed by atoms with Gasteiger partial charge in [-0.2, -0.15) is 0 Å². The van der Waals surface area contributed by atoms with E-state index in [-0.39, 0.29) is 29.6 Å². The topological polar surface area (TPSA) is 91.5 Å². The number of ether oxygens (including phenoxy) is 2. The van der Waals surface area contributed by atoms with Gasteiger partial charge in [0.15, 0.2) is 6.10 Å². The fourth-order valence-electron chi connectivity index (χ4n) is 4.24. The second-order valence-electron chi connectivity index (χ2n) is 7.65. The lowest BCUT2D eigenvalue weighted by atomic mass is 9.67. The molecule has 148 valence electrons. The zero-order valence-corrected chi connectivity index (χ0v) is 16.1. The molecule has 1 aromatic heterocycles. The number of hydrogen-bond acceptors (Lipinski definition) is 7. The third kappa shape index (κ3) is 3.66. The number of Topliss-reactive ketones (excluding diaryl/α,β-unsaturated/α-hetero) is 1. The lowest BCUT2D eigenvalue weighted by Gasteiger charge is -2.36. The van der Waals surface area contributed by atoms with Gasteiger partial charge in [-0.25, -0.2) is 0 Å². The van der Waals surface area contributed by atoms with E-state index in [1.165, 1.54) is 0 Å². The van der Waals surface area contributed by atoms with Crippen LogP contribution in [0.2, 0.25) is 0 Å². The Labute approximate surface area is 163 Å². The highest BCUT2D eigenvalue weighted by Gasteiger charge is 2.42. The maximum atomic E-state index is 12.6. The van der Waals surface area contributed by atoms with E-state index in [0.29, 0.717) is 24.5 Å². The Hall–Kier alpha value is -2.70. The number of hydrogen-bond donors (Lipinski definition) is 0. The number of methoxy groups -OCH3 is 1. The quantitative estimate of drug-likeness (QED) is 0.725. The molecule has 2 bridgehead atoms. The van der Waals surface area contributed by atoms with Crippen LogP contribution in [0.5, 0.6) is 5.75 Å². The van der Waals surface area contributed by atoms with Gasteiger partial charge in [-0.15, -0.1) is 10.2 Å². The summed E-state index contributed by atoms with van der Waals surface area (Å²) < 4.78 is 16.4. The van der Waals surface area contributed by atoms with Gasteiger partial charge in [0.05, 0.1) is 13.0 Å². The average molecular weight is 384 g/mol. The molecule has 0 N–H and O–H groups in total.